The highest BCUT2D eigenvalue weighted by atomic mass is 19.1. The van der Waals surface area contributed by atoms with E-state index in [1.165, 1.54) is 6.07 Å². The van der Waals surface area contributed by atoms with Crippen LogP contribution in [0.1, 0.15) is 31.9 Å². The predicted molar refractivity (Wildman–Crippen MR) is 65.6 cm³/mol. The molecule has 0 amide bonds. The van der Waals surface area contributed by atoms with Crippen LogP contribution in [0.25, 0.3) is 0 Å². The first-order chi connectivity index (χ1) is 8.16. The van der Waals surface area contributed by atoms with Gasteiger partial charge in [0.15, 0.2) is 11.6 Å². The van der Waals surface area contributed by atoms with E-state index in [9.17, 15) is 4.39 Å². The summed E-state index contributed by atoms with van der Waals surface area (Å²) in [6.45, 7) is 5.32. The number of para-hydroxylation sites is 1. The molecule has 17 heavy (non-hydrogen) atoms. The fraction of sp³-hybridized carbons (Fsp3) is 0.538. The molecular weight excluding hydrogens is 221 g/mol. The quantitative estimate of drug-likeness (QED) is 0.746. The molecule has 0 bridgehead atoms. The number of benzene rings is 1. The molecule has 1 aromatic rings. The molecular formula is C13H20FNO2. The van der Waals surface area contributed by atoms with Crippen molar-refractivity contribution in [3.8, 4) is 5.75 Å². The summed E-state index contributed by atoms with van der Waals surface area (Å²) >= 11 is 0. The minimum atomic E-state index is -0.379. The maximum atomic E-state index is 13.6. The maximum absolute atomic E-state index is 13.6. The van der Waals surface area contributed by atoms with E-state index in [2.05, 4.69) is 0 Å². The van der Waals surface area contributed by atoms with Crippen LogP contribution in [0.15, 0.2) is 18.2 Å². The van der Waals surface area contributed by atoms with Crippen LogP contribution in [0.5, 0.6) is 5.75 Å². The lowest BCUT2D eigenvalue weighted by atomic mass is 10.1. The molecule has 0 radical (unpaired) electrons. The van der Waals surface area contributed by atoms with E-state index in [0.29, 0.717) is 25.4 Å². The molecule has 2 N–H and O–H groups in total. The van der Waals surface area contributed by atoms with Crippen LogP contribution in [0.4, 0.5) is 4.39 Å². The molecule has 0 aromatic heterocycles. The molecule has 0 unspecified atom stereocenters. The molecule has 0 fully saturated rings. The molecule has 0 spiro atoms. The average molecular weight is 241 g/mol. The first-order valence-corrected chi connectivity index (χ1v) is 5.91. The highest BCUT2D eigenvalue weighted by Crippen LogP contribution is 2.26. The zero-order valence-corrected chi connectivity index (χ0v) is 10.4. The summed E-state index contributed by atoms with van der Waals surface area (Å²) in [5, 5.41) is 0. The van der Waals surface area contributed by atoms with Gasteiger partial charge in [-0.3, -0.25) is 0 Å². The van der Waals surface area contributed by atoms with E-state index in [0.717, 1.165) is 6.42 Å². The Morgan fingerprint density at radius 3 is 2.71 bits per heavy atom. The average Bonchev–Trinajstić information content (AvgIpc) is 2.30. The van der Waals surface area contributed by atoms with Crippen molar-refractivity contribution in [3.63, 3.8) is 0 Å². The monoisotopic (exact) mass is 241 g/mol. The van der Waals surface area contributed by atoms with Crippen molar-refractivity contribution in [1.82, 2.24) is 0 Å². The fourth-order valence-electron chi connectivity index (χ4n) is 1.49. The van der Waals surface area contributed by atoms with Crippen molar-refractivity contribution < 1.29 is 13.9 Å². The van der Waals surface area contributed by atoms with Gasteiger partial charge in [0.05, 0.1) is 6.61 Å². The topological polar surface area (TPSA) is 44.5 Å². The van der Waals surface area contributed by atoms with Crippen LogP contribution in [-0.4, -0.2) is 19.8 Å². The van der Waals surface area contributed by atoms with E-state index in [4.69, 9.17) is 15.2 Å². The molecule has 0 saturated heterocycles. The Morgan fingerprint density at radius 1 is 1.29 bits per heavy atom. The van der Waals surface area contributed by atoms with Crippen LogP contribution in [0.2, 0.25) is 0 Å². The summed E-state index contributed by atoms with van der Waals surface area (Å²) < 4.78 is 24.2. The van der Waals surface area contributed by atoms with Gasteiger partial charge in [0.2, 0.25) is 0 Å². The van der Waals surface area contributed by atoms with Gasteiger partial charge >= 0.3 is 0 Å². The molecule has 0 aliphatic carbocycles. The van der Waals surface area contributed by atoms with E-state index >= 15 is 0 Å². The Labute approximate surface area is 102 Å². The lowest BCUT2D eigenvalue weighted by Crippen LogP contribution is -2.12. The summed E-state index contributed by atoms with van der Waals surface area (Å²) in [4.78, 5) is 0. The zero-order valence-electron chi connectivity index (χ0n) is 10.4. The predicted octanol–water partition coefficient (Wildman–Crippen LogP) is 2.65. The van der Waals surface area contributed by atoms with Crippen LogP contribution in [0.3, 0.4) is 0 Å². The summed E-state index contributed by atoms with van der Waals surface area (Å²) in [6.07, 6.45) is 0.963. The largest absolute Gasteiger partial charge is 0.488 e. The SMILES string of the molecule is CCCOCCOc1c(F)cccc1[C@H](C)N. The summed E-state index contributed by atoms with van der Waals surface area (Å²) in [5.41, 5.74) is 6.44. The van der Waals surface area contributed by atoms with Crippen LogP contribution in [0, 0.1) is 5.82 Å². The summed E-state index contributed by atoms with van der Waals surface area (Å²) in [6, 6.07) is 4.52. The Morgan fingerprint density at radius 2 is 2.06 bits per heavy atom. The lowest BCUT2D eigenvalue weighted by Gasteiger charge is -2.14. The number of halogens is 1. The van der Waals surface area contributed by atoms with Crippen molar-refractivity contribution >= 4 is 0 Å². The van der Waals surface area contributed by atoms with Gasteiger partial charge in [-0.15, -0.1) is 0 Å². The molecule has 1 atom stereocenters. The molecule has 0 heterocycles. The van der Waals surface area contributed by atoms with Crippen LogP contribution < -0.4 is 10.5 Å². The fourth-order valence-corrected chi connectivity index (χ4v) is 1.49. The van der Waals surface area contributed by atoms with Gasteiger partial charge in [-0.25, -0.2) is 4.39 Å². The standard InChI is InChI=1S/C13H20FNO2/c1-3-7-16-8-9-17-13-11(10(2)15)5-4-6-12(13)14/h4-6,10H,3,7-9,15H2,1-2H3/t10-/m0/s1. The number of nitrogens with two attached hydrogens (primary N) is 1. The molecule has 0 saturated carbocycles. The van der Waals surface area contributed by atoms with Gasteiger partial charge < -0.3 is 15.2 Å². The maximum Gasteiger partial charge on any atom is 0.165 e. The molecule has 1 rings (SSSR count). The first-order valence-electron chi connectivity index (χ1n) is 5.91. The highest BCUT2D eigenvalue weighted by Gasteiger charge is 2.12. The van der Waals surface area contributed by atoms with Crippen molar-refractivity contribution in [2.45, 2.75) is 26.3 Å². The first kappa shape index (κ1) is 13.9. The second-order valence-corrected chi connectivity index (χ2v) is 3.91. The van der Waals surface area contributed by atoms with Gasteiger partial charge in [0, 0.05) is 18.2 Å². The molecule has 96 valence electrons. The number of hydrogen-bond donors (Lipinski definition) is 1. The smallest absolute Gasteiger partial charge is 0.165 e. The van der Waals surface area contributed by atoms with Crippen molar-refractivity contribution in [2.24, 2.45) is 5.73 Å². The molecule has 4 heteroatoms. The van der Waals surface area contributed by atoms with Crippen LogP contribution in [-0.2, 0) is 4.74 Å². The second kappa shape index (κ2) is 7.25. The van der Waals surface area contributed by atoms with Gasteiger partial charge in [-0.2, -0.15) is 0 Å². The highest BCUT2D eigenvalue weighted by molar-refractivity contribution is 5.36. The van der Waals surface area contributed by atoms with E-state index in [1.54, 1.807) is 19.1 Å². The van der Waals surface area contributed by atoms with E-state index < -0.39 is 0 Å². The normalized spacial score (nSPS) is 12.5. The minimum absolute atomic E-state index is 0.239. The third kappa shape index (κ3) is 4.32. The molecule has 1 aromatic carbocycles. The lowest BCUT2D eigenvalue weighted by molar-refractivity contribution is 0.0987. The molecule has 0 aliphatic rings. The Balaban J connectivity index is 2.57. The molecule has 3 nitrogen and oxygen atoms in total. The van der Waals surface area contributed by atoms with Crippen LogP contribution >= 0.6 is 0 Å². The van der Waals surface area contributed by atoms with Crippen molar-refractivity contribution in [3.05, 3.63) is 29.6 Å². The van der Waals surface area contributed by atoms with E-state index in [-0.39, 0.29) is 17.6 Å². The number of ether oxygens (including phenoxy) is 2. The van der Waals surface area contributed by atoms with Gasteiger partial charge in [0.25, 0.3) is 0 Å². The Bertz CT molecular complexity index is 342. The third-order valence-electron chi connectivity index (χ3n) is 2.31. The van der Waals surface area contributed by atoms with Gasteiger partial charge in [0.1, 0.15) is 6.61 Å². The van der Waals surface area contributed by atoms with Crippen molar-refractivity contribution in [2.75, 3.05) is 19.8 Å². The Hall–Kier alpha value is -1.13. The summed E-state index contributed by atoms with van der Waals surface area (Å²) in [5.74, 6) is -0.141. The van der Waals surface area contributed by atoms with Crippen molar-refractivity contribution in [1.29, 1.82) is 0 Å². The second-order valence-electron chi connectivity index (χ2n) is 3.91. The number of hydrogen-bond acceptors (Lipinski definition) is 3. The van der Waals surface area contributed by atoms with Gasteiger partial charge in [-0.1, -0.05) is 19.1 Å². The summed E-state index contributed by atoms with van der Waals surface area (Å²) in [7, 11) is 0. The number of rotatable bonds is 7. The minimum Gasteiger partial charge on any atom is -0.488 e. The third-order valence-corrected chi connectivity index (χ3v) is 2.31. The Kier molecular flexibility index (Phi) is 5.94. The molecule has 0 aliphatic heterocycles. The van der Waals surface area contributed by atoms with E-state index in [1.807, 2.05) is 6.92 Å². The van der Waals surface area contributed by atoms with Gasteiger partial charge in [-0.05, 0) is 19.4 Å². The zero-order chi connectivity index (χ0) is 12.7.